The molecule has 0 aromatic heterocycles. The van der Waals surface area contributed by atoms with Crippen LogP contribution in [0.25, 0.3) is 0 Å². The van der Waals surface area contributed by atoms with Crippen LogP contribution in [-0.4, -0.2) is 18.9 Å². The molecule has 2 aromatic rings. The fourth-order valence-corrected chi connectivity index (χ4v) is 2.22. The Kier molecular flexibility index (Phi) is 4.73. The molecule has 2 nitrogen and oxygen atoms in total. The Bertz CT molecular complexity index is 634. The van der Waals surface area contributed by atoms with Crippen molar-refractivity contribution >= 4 is 11.5 Å². The quantitative estimate of drug-likeness (QED) is 0.769. The minimum Gasteiger partial charge on any atom is -0.364 e. The number of nitrogens with zero attached hydrogens (tertiary/aromatic N) is 1. The van der Waals surface area contributed by atoms with Gasteiger partial charge < -0.3 is 4.90 Å². The molecular weight excluding hydrogens is 265 g/mol. The number of rotatable bonds is 5. The van der Waals surface area contributed by atoms with Crippen molar-refractivity contribution in [3.8, 4) is 0 Å². The van der Waals surface area contributed by atoms with Crippen molar-refractivity contribution in [1.29, 1.82) is 0 Å². The van der Waals surface area contributed by atoms with E-state index < -0.39 is 0 Å². The third kappa shape index (κ3) is 3.69. The van der Waals surface area contributed by atoms with Gasteiger partial charge in [-0.2, -0.15) is 0 Å². The van der Waals surface area contributed by atoms with E-state index in [1.54, 1.807) is 12.1 Å². The Hall–Kier alpha value is -2.16. The second-order valence-corrected chi connectivity index (χ2v) is 5.21. The average Bonchev–Trinajstić information content (AvgIpc) is 2.48. The van der Waals surface area contributed by atoms with Gasteiger partial charge in [0.15, 0.2) is 5.78 Å². The van der Waals surface area contributed by atoms with Crippen LogP contribution in [0.2, 0.25) is 0 Å². The van der Waals surface area contributed by atoms with Gasteiger partial charge in [0, 0.05) is 17.8 Å². The highest BCUT2D eigenvalue weighted by Gasteiger charge is 2.12. The fourth-order valence-electron chi connectivity index (χ4n) is 2.22. The lowest BCUT2D eigenvalue weighted by Crippen LogP contribution is -2.29. The van der Waals surface area contributed by atoms with Crippen LogP contribution < -0.4 is 4.90 Å². The van der Waals surface area contributed by atoms with E-state index in [0.29, 0.717) is 13.1 Å². The molecule has 3 heteroatoms. The molecule has 0 spiro atoms. The van der Waals surface area contributed by atoms with Crippen LogP contribution in [-0.2, 0) is 0 Å². The van der Waals surface area contributed by atoms with Crippen molar-refractivity contribution in [3.63, 3.8) is 0 Å². The molecule has 0 fully saturated rings. The summed E-state index contributed by atoms with van der Waals surface area (Å²) >= 11 is 0. The zero-order valence-electron chi connectivity index (χ0n) is 12.7. The van der Waals surface area contributed by atoms with Crippen molar-refractivity contribution in [1.82, 2.24) is 0 Å². The van der Waals surface area contributed by atoms with E-state index >= 15 is 0 Å². The number of Topliss-reactive ketones (excluding diaryl/α,β-unsaturated/α-hetero) is 1. The molecule has 0 saturated carbocycles. The molecule has 0 unspecified atom stereocenters. The summed E-state index contributed by atoms with van der Waals surface area (Å²) in [5.41, 5.74) is 3.87. The van der Waals surface area contributed by atoms with Gasteiger partial charge in [0.1, 0.15) is 5.82 Å². The summed E-state index contributed by atoms with van der Waals surface area (Å²) < 4.78 is 13.0. The number of hydrogen-bond acceptors (Lipinski definition) is 2. The molecule has 0 aliphatic rings. The third-order valence-corrected chi connectivity index (χ3v) is 3.74. The summed E-state index contributed by atoms with van der Waals surface area (Å²) in [6, 6.07) is 12.0. The van der Waals surface area contributed by atoms with Gasteiger partial charge in [-0.3, -0.25) is 4.79 Å². The Morgan fingerprint density at radius 3 is 2.29 bits per heavy atom. The molecule has 21 heavy (non-hydrogen) atoms. The first-order valence-corrected chi connectivity index (χ1v) is 7.12. The minimum absolute atomic E-state index is 0.0734. The van der Waals surface area contributed by atoms with E-state index in [1.165, 1.54) is 17.7 Å². The van der Waals surface area contributed by atoms with Gasteiger partial charge in [0.25, 0.3) is 0 Å². The lowest BCUT2D eigenvalue weighted by molar-refractivity contribution is 0.0999. The number of ketones is 1. The number of halogens is 1. The lowest BCUT2D eigenvalue weighted by atomic mass is 10.0. The lowest BCUT2D eigenvalue weighted by Gasteiger charge is -2.22. The molecular formula is C18H20FNO. The number of hydrogen-bond donors (Lipinski definition) is 0. The van der Waals surface area contributed by atoms with Gasteiger partial charge in [-0.15, -0.1) is 0 Å². The van der Waals surface area contributed by atoms with Gasteiger partial charge in [-0.1, -0.05) is 12.1 Å². The van der Waals surface area contributed by atoms with E-state index in [0.717, 1.165) is 16.8 Å². The van der Waals surface area contributed by atoms with E-state index in [1.807, 2.05) is 43.9 Å². The monoisotopic (exact) mass is 285 g/mol. The summed E-state index contributed by atoms with van der Waals surface area (Å²) in [6.45, 7) is 7.01. The van der Waals surface area contributed by atoms with Gasteiger partial charge in [-0.25, -0.2) is 4.39 Å². The normalized spacial score (nSPS) is 10.5. The maximum atomic E-state index is 13.0. The molecule has 0 N–H and O–H groups in total. The number of likely N-dealkylation sites (N-methyl/N-ethyl adjacent to an activating group) is 1. The number of carbonyl (C=O) groups is 1. The number of carbonyl (C=O) groups excluding carboxylic acids is 1. The van der Waals surface area contributed by atoms with Crippen molar-refractivity contribution in [3.05, 3.63) is 65.0 Å². The fraction of sp³-hybridized carbons (Fsp3) is 0.278. The van der Waals surface area contributed by atoms with Crippen molar-refractivity contribution in [2.24, 2.45) is 0 Å². The molecule has 0 bridgehead atoms. The number of aryl methyl sites for hydroxylation is 2. The van der Waals surface area contributed by atoms with Gasteiger partial charge >= 0.3 is 0 Å². The Balaban J connectivity index is 2.15. The van der Waals surface area contributed by atoms with E-state index in [-0.39, 0.29) is 11.6 Å². The highest BCUT2D eigenvalue weighted by Crippen LogP contribution is 2.16. The van der Waals surface area contributed by atoms with Crippen LogP contribution in [0.5, 0.6) is 0 Å². The SMILES string of the molecule is CCN(CC(=O)c1ccc(C)c(C)c1)c1ccc(F)cc1. The first-order chi connectivity index (χ1) is 10.0. The maximum absolute atomic E-state index is 13.0. The first kappa shape index (κ1) is 15.2. The van der Waals surface area contributed by atoms with Gasteiger partial charge in [0.2, 0.25) is 0 Å². The summed E-state index contributed by atoms with van der Waals surface area (Å²) in [7, 11) is 0. The van der Waals surface area contributed by atoms with Crippen LogP contribution >= 0.6 is 0 Å². The molecule has 0 atom stereocenters. The largest absolute Gasteiger partial charge is 0.364 e. The highest BCUT2D eigenvalue weighted by molar-refractivity contribution is 5.99. The smallest absolute Gasteiger partial charge is 0.182 e. The molecule has 110 valence electrons. The van der Waals surface area contributed by atoms with Crippen molar-refractivity contribution < 1.29 is 9.18 Å². The molecule has 0 radical (unpaired) electrons. The topological polar surface area (TPSA) is 20.3 Å². The highest BCUT2D eigenvalue weighted by atomic mass is 19.1. The molecule has 0 aliphatic heterocycles. The van der Waals surface area contributed by atoms with Gasteiger partial charge in [0.05, 0.1) is 6.54 Å². The molecule has 0 heterocycles. The zero-order chi connectivity index (χ0) is 15.4. The van der Waals surface area contributed by atoms with Crippen LogP contribution in [0.4, 0.5) is 10.1 Å². The van der Waals surface area contributed by atoms with Crippen LogP contribution in [0.1, 0.15) is 28.4 Å². The second-order valence-electron chi connectivity index (χ2n) is 5.21. The average molecular weight is 285 g/mol. The Morgan fingerprint density at radius 2 is 1.71 bits per heavy atom. The van der Waals surface area contributed by atoms with Gasteiger partial charge in [-0.05, 0) is 62.2 Å². The van der Waals surface area contributed by atoms with Crippen molar-refractivity contribution in [2.45, 2.75) is 20.8 Å². The van der Waals surface area contributed by atoms with E-state index in [4.69, 9.17) is 0 Å². The molecule has 0 aliphatic carbocycles. The molecule has 0 amide bonds. The molecule has 2 rings (SSSR count). The Morgan fingerprint density at radius 1 is 1.05 bits per heavy atom. The summed E-state index contributed by atoms with van der Waals surface area (Å²) in [5, 5.41) is 0. The van der Waals surface area contributed by atoms with Crippen molar-refractivity contribution in [2.75, 3.05) is 18.0 Å². The second kappa shape index (κ2) is 6.53. The van der Waals surface area contributed by atoms with Crippen LogP contribution in [0.3, 0.4) is 0 Å². The summed E-state index contributed by atoms with van der Waals surface area (Å²) in [6.07, 6.45) is 0. The van der Waals surface area contributed by atoms with E-state index in [9.17, 15) is 9.18 Å². The molecule has 0 saturated heterocycles. The van der Waals surface area contributed by atoms with Crippen LogP contribution in [0.15, 0.2) is 42.5 Å². The predicted octanol–water partition coefficient (Wildman–Crippen LogP) is 4.15. The minimum atomic E-state index is -0.268. The predicted molar refractivity (Wildman–Crippen MR) is 84.5 cm³/mol. The maximum Gasteiger partial charge on any atom is 0.182 e. The standard InChI is InChI=1S/C18H20FNO/c1-4-20(17-9-7-16(19)8-10-17)12-18(21)15-6-5-13(2)14(3)11-15/h5-11H,4,12H2,1-3H3. The Labute approximate surface area is 125 Å². The summed E-state index contributed by atoms with van der Waals surface area (Å²) in [4.78, 5) is 14.3. The first-order valence-electron chi connectivity index (χ1n) is 7.12. The molecule has 2 aromatic carbocycles. The number of anilines is 1. The summed E-state index contributed by atoms with van der Waals surface area (Å²) in [5.74, 6) is -0.195. The third-order valence-electron chi connectivity index (χ3n) is 3.74. The zero-order valence-corrected chi connectivity index (χ0v) is 12.7. The van der Waals surface area contributed by atoms with Crippen LogP contribution in [0, 0.1) is 19.7 Å². The number of benzene rings is 2. The van der Waals surface area contributed by atoms with E-state index in [2.05, 4.69) is 0 Å².